The molecule has 1 amide bonds. The van der Waals surface area contributed by atoms with Gasteiger partial charge in [0.25, 0.3) is 5.91 Å². The lowest BCUT2D eigenvalue weighted by molar-refractivity contribution is 0.00578. The molecule has 2 fully saturated rings. The van der Waals surface area contributed by atoms with E-state index in [0.717, 1.165) is 0 Å². The highest BCUT2D eigenvalue weighted by molar-refractivity contribution is 6.62. The zero-order valence-corrected chi connectivity index (χ0v) is 16.5. The van der Waals surface area contributed by atoms with Crippen LogP contribution in [0, 0.1) is 11.6 Å². The van der Waals surface area contributed by atoms with Crippen molar-refractivity contribution in [3.05, 3.63) is 29.3 Å². The van der Waals surface area contributed by atoms with Gasteiger partial charge >= 0.3 is 7.12 Å². The first-order chi connectivity index (χ1) is 12.6. The second-order valence-electron chi connectivity index (χ2n) is 8.15. The predicted molar refractivity (Wildman–Crippen MR) is 98.0 cm³/mol. The van der Waals surface area contributed by atoms with Gasteiger partial charge in [0.05, 0.1) is 22.9 Å². The second-order valence-corrected chi connectivity index (χ2v) is 8.15. The molecular weight excluding hydrogens is 355 g/mol. The molecule has 0 atom stereocenters. The van der Waals surface area contributed by atoms with Crippen LogP contribution in [0.3, 0.4) is 0 Å². The van der Waals surface area contributed by atoms with Gasteiger partial charge in [0, 0.05) is 25.7 Å². The number of carbonyl (C=O) groups excluding carboxylic acids is 1. The van der Waals surface area contributed by atoms with Crippen LogP contribution in [0.5, 0.6) is 0 Å². The topological polar surface area (TPSA) is 48.0 Å². The van der Waals surface area contributed by atoms with E-state index in [1.165, 1.54) is 17.0 Å². The number of benzene rings is 1. The fourth-order valence-corrected chi connectivity index (χ4v) is 3.35. The number of amides is 1. The second kappa shape index (κ2) is 7.15. The lowest BCUT2D eigenvalue weighted by Crippen LogP contribution is -2.42. The lowest BCUT2D eigenvalue weighted by atomic mass is 9.78. The molecule has 2 heterocycles. The van der Waals surface area contributed by atoms with Crippen LogP contribution < -0.4 is 5.46 Å². The van der Waals surface area contributed by atoms with E-state index in [1.807, 2.05) is 27.7 Å². The fraction of sp³-hybridized carbons (Fsp3) is 0.632. The normalized spacial score (nSPS) is 22.3. The molecule has 2 aliphatic rings. The molecule has 0 saturated carbocycles. The largest absolute Gasteiger partial charge is 0.497 e. The maximum atomic E-state index is 14.7. The van der Waals surface area contributed by atoms with E-state index in [1.54, 1.807) is 7.11 Å². The minimum Gasteiger partial charge on any atom is -0.399 e. The summed E-state index contributed by atoms with van der Waals surface area (Å²) in [6.45, 7) is 8.26. The number of hydrogen-bond acceptors (Lipinski definition) is 4. The monoisotopic (exact) mass is 381 g/mol. The van der Waals surface area contributed by atoms with Crippen LogP contribution in [-0.4, -0.2) is 55.4 Å². The summed E-state index contributed by atoms with van der Waals surface area (Å²) in [7, 11) is 0.608. The first-order valence-corrected chi connectivity index (χ1v) is 9.23. The van der Waals surface area contributed by atoms with Crippen molar-refractivity contribution >= 4 is 18.5 Å². The van der Waals surface area contributed by atoms with Crippen molar-refractivity contribution in [1.82, 2.24) is 4.90 Å². The molecule has 2 aliphatic heterocycles. The maximum absolute atomic E-state index is 14.7. The summed E-state index contributed by atoms with van der Waals surface area (Å²) in [5, 5.41) is 0. The van der Waals surface area contributed by atoms with Gasteiger partial charge in [0.2, 0.25) is 0 Å². The maximum Gasteiger partial charge on any atom is 0.497 e. The quantitative estimate of drug-likeness (QED) is 0.756. The van der Waals surface area contributed by atoms with Gasteiger partial charge in [-0.3, -0.25) is 4.79 Å². The first kappa shape index (κ1) is 20.2. The van der Waals surface area contributed by atoms with Crippen molar-refractivity contribution in [2.75, 3.05) is 20.2 Å². The zero-order chi connectivity index (χ0) is 20.0. The van der Waals surface area contributed by atoms with Gasteiger partial charge in [-0.2, -0.15) is 0 Å². The van der Waals surface area contributed by atoms with E-state index < -0.39 is 35.9 Å². The number of nitrogens with zero attached hydrogens (tertiary/aromatic N) is 1. The highest BCUT2D eigenvalue weighted by Crippen LogP contribution is 2.36. The number of rotatable bonds is 3. The van der Waals surface area contributed by atoms with E-state index in [4.69, 9.17) is 14.0 Å². The van der Waals surface area contributed by atoms with Crippen LogP contribution in [0.4, 0.5) is 8.78 Å². The smallest absolute Gasteiger partial charge is 0.399 e. The minimum atomic E-state index is -1.17. The predicted octanol–water partition coefficient (Wildman–Crippen LogP) is 2.52. The van der Waals surface area contributed by atoms with Gasteiger partial charge in [0.15, 0.2) is 11.6 Å². The SMILES string of the molecule is COC1CCN(C(=O)c2ccc(B3OC(C)(C)C(C)(C)O3)c(F)c2F)CC1. The van der Waals surface area contributed by atoms with Gasteiger partial charge in [-0.15, -0.1) is 0 Å². The van der Waals surface area contributed by atoms with Crippen LogP contribution in [0.15, 0.2) is 12.1 Å². The molecule has 0 N–H and O–H groups in total. The molecular formula is C19H26BF2NO4. The number of carbonyl (C=O) groups is 1. The Bertz CT molecular complexity index is 717. The molecule has 1 aromatic carbocycles. The summed E-state index contributed by atoms with van der Waals surface area (Å²) in [5.41, 5.74) is -1.65. The number of likely N-dealkylation sites (tertiary alicyclic amines) is 1. The number of halogens is 2. The Morgan fingerprint density at radius 1 is 1.11 bits per heavy atom. The number of ether oxygens (including phenoxy) is 1. The van der Waals surface area contributed by atoms with Crippen molar-refractivity contribution in [3.63, 3.8) is 0 Å². The molecule has 1 aromatic rings. The molecule has 0 radical (unpaired) electrons. The Morgan fingerprint density at radius 3 is 2.19 bits per heavy atom. The third-order valence-corrected chi connectivity index (χ3v) is 5.91. The average Bonchev–Trinajstić information content (AvgIpc) is 2.84. The average molecular weight is 381 g/mol. The van der Waals surface area contributed by atoms with E-state index in [2.05, 4.69) is 0 Å². The molecule has 0 bridgehead atoms. The Kier molecular flexibility index (Phi) is 5.36. The van der Waals surface area contributed by atoms with Crippen LogP contribution >= 0.6 is 0 Å². The van der Waals surface area contributed by atoms with Gasteiger partial charge in [-0.05, 0) is 46.6 Å². The third kappa shape index (κ3) is 3.62. The molecule has 5 nitrogen and oxygen atoms in total. The van der Waals surface area contributed by atoms with Crippen molar-refractivity contribution in [3.8, 4) is 0 Å². The highest BCUT2D eigenvalue weighted by Gasteiger charge is 2.52. The molecule has 2 saturated heterocycles. The molecule has 8 heteroatoms. The van der Waals surface area contributed by atoms with Gasteiger partial charge in [-0.25, -0.2) is 8.78 Å². The van der Waals surface area contributed by atoms with Crippen molar-refractivity contribution < 1.29 is 27.6 Å². The summed E-state index contributed by atoms with van der Waals surface area (Å²) >= 11 is 0. The molecule has 3 rings (SSSR count). The first-order valence-electron chi connectivity index (χ1n) is 9.23. The number of hydrogen-bond donors (Lipinski definition) is 0. The summed E-state index contributed by atoms with van der Waals surface area (Å²) in [6, 6.07) is 2.68. The fourth-order valence-electron chi connectivity index (χ4n) is 3.35. The summed E-state index contributed by atoms with van der Waals surface area (Å²) in [6.07, 6.45) is 1.46. The minimum absolute atomic E-state index is 0.0409. The van der Waals surface area contributed by atoms with Crippen LogP contribution in [0.25, 0.3) is 0 Å². The number of methoxy groups -OCH3 is 1. The Morgan fingerprint density at radius 2 is 1.67 bits per heavy atom. The summed E-state index contributed by atoms with van der Waals surface area (Å²) in [5.74, 6) is -2.78. The Labute approximate surface area is 159 Å². The van der Waals surface area contributed by atoms with Gasteiger partial charge < -0.3 is 18.9 Å². The van der Waals surface area contributed by atoms with Crippen molar-refractivity contribution in [1.29, 1.82) is 0 Å². The lowest BCUT2D eigenvalue weighted by Gasteiger charge is -2.32. The van der Waals surface area contributed by atoms with Crippen molar-refractivity contribution in [2.24, 2.45) is 0 Å². The molecule has 0 spiro atoms. The van der Waals surface area contributed by atoms with Crippen LogP contribution in [0.1, 0.15) is 50.9 Å². The molecule has 0 aliphatic carbocycles. The molecule has 27 heavy (non-hydrogen) atoms. The van der Waals surface area contributed by atoms with Crippen molar-refractivity contribution in [2.45, 2.75) is 57.8 Å². The Balaban J connectivity index is 1.81. The van der Waals surface area contributed by atoms with E-state index in [9.17, 15) is 13.6 Å². The van der Waals surface area contributed by atoms with Crippen LogP contribution in [0.2, 0.25) is 0 Å². The van der Waals surface area contributed by atoms with Crippen LogP contribution in [-0.2, 0) is 14.0 Å². The van der Waals surface area contributed by atoms with Gasteiger partial charge in [-0.1, -0.05) is 6.07 Å². The molecule has 148 valence electrons. The van der Waals surface area contributed by atoms with E-state index >= 15 is 0 Å². The third-order valence-electron chi connectivity index (χ3n) is 5.91. The van der Waals surface area contributed by atoms with E-state index in [-0.39, 0.29) is 17.1 Å². The summed E-state index contributed by atoms with van der Waals surface area (Å²) in [4.78, 5) is 14.2. The molecule has 0 aromatic heterocycles. The zero-order valence-electron chi connectivity index (χ0n) is 16.5. The Hall–Kier alpha value is -1.51. The summed E-state index contributed by atoms with van der Waals surface area (Å²) < 4.78 is 46.3. The molecule has 0 unspecified atom stereocenters. The van der Waals surface area contributed by atoms with Gasteiger partial charge in [0.1, 0.15) is 0 Å². The van der Waals surface area contributed by atoms with E-state index in [0.29, 0.717) is 25.9 Å². The highest BCUT2D eigenvalue weighted by atomic mass is 19.2. The number of piperidine rings is 1. The standard InChI is InChI=1S/C19H26BF2NO4/c1-18(2)19(3,4)27-20(26-18)14-7-6-13(15(21)16(14)22)17(24)23-10-8-12(25-5)9-11-23/h6-7,12H,8-11H2,1-5H3.